The van der Waals surface area contributed by atoms with E-state index in [4.69, 9.17) is 20.4 Å². The summed E-state index contributed by atoms with van der Waals surface area (Å²) in [4.78, 5) is 16.5. The van der Waals surface area contributed by atoms with Gasteiger partial charge in [-0.3, -0.25) is 9.59 Å². The predicted molar refractivity (Wildman–Crippen MR) is 68.8 cm³/mol. The Bertz CT molecular complexity index is 242. The SMILES string of the molecule is CCC1CCCCC1(C)CC.[N-]=C=O.[N-]=C=O. The molecular formula is C13H22N2O2-2. The minimum absolute atomic E-state index is 0.500. The van der Waals surface area contributed by atoms with Crippen LogP contribution in [0.2, 0.25) is 0 Å². The Balaban J connectivity index is 0. The predicted octanol–water partition coefficient (Wildman–Crippen LogP) is 3.79. The first kappa shape index (κ1) is 18.1. The van der Waals surface area contributed by atoms with E-state index in [2.05, 4.69) is 20.8 Å². The summed E-state index contributed by atoms with van der Waals surface area (Å²) in [6.07, 6.45) is 9.69. The summed E-state index contributed by atoms with van der Waals surface area (Å²) in [5.74, 6) is 1.02. The summed E-state index contributed by atoms with van der Waals surface area (Å²) in [5, 5.41) is 13.5. The molecule has 0 N–H and O–H groups in total. The van der Waals surface area contributed by atoms with Crippen LogP contribution in [-0.2, 0) is 9.59 Å². The summed E-state index contributed by atoms with van der Waals surface area (Å²) >= 11 is 0. The van der Waals surface area contributed by atoms with Crippen molar-refractivity contribution in [1.82, 2.24) is 0 Å². The first-order chi connectivity index (χ1) is 8.05. The Morgan fingerprint density at radius 2 is 1.65 bits per heavy atom. The molecule has 0 aromatic carbocycles. The van der Waals surface area contributed by atoms with E-state index in [0.29, 0.717) is 17.6 Å². The van der Waals surface area contributed by atoms with Crippen LogP contribution in [0.25, 0.3) is 10.8 Å². The Hall–Kier alpha value is -1.24. The summed E-state index contributed by atoms with van der Waals surface area (Å²) in [6.45, 7) is 7.19. The summed E-state index contributed by atoms with van der Waals surface area (Å²) in [7, 11) is 0. The average Bonchev–Trinajstić information content (AvgIpc) is 2.32. The molecule has 0 saturated heterocycles. The quantitative estimate of drug-likeness (QED) is 0.542. The maximum atomic E-state index is 8.24. The van der Waals surface area contributed by atoms with E-state index in [1.807, 2.05) is 0 Å². The molecule has 1 aliphatic rings. The standard InChI is InChI=1S/C11H22.2CNO/c1-4-10-8-6-7-9-11(10,3)5-2;2*2-1-3/h10H,4-9H2,1-3H3;;/q;2*-1. The minimum Gasteiger partial charge on any atom is -0.724 e. The topological polar surface area (TPSA) is 78.7 Å². The third-order valence-corrected chi connectivity index (χ3v) is 3.84. The zero-order valence-corrected chi connectivity index (χ0v) is 11.0. The highest BCUT2D eigenvalue weighted by molar-refractivity contribution is 5.37. The molecule has 1 aliphatic carbocycles. The van der Waals surface area contributed by atoms with Gasteiger partial charge in [0.05, 0.1) is 0 Å². The smallest absolute Gasteiger partial charge is 0.0159 e. The normalized spacial score (nSPS) is 26.2. The van der Waals surface area contributed by atoms with Crippen molar-refractivity contribution in [2.75, 3.05) is 0 Å². The molecule has 0 aliphatic heterocycles. The van der Waals surface area contributed by atoms with Gasteiger partial charge < -0.3 is 10.8 Å². The highest BCUT2D eigenvalue weighted by Crippen LogP contribution is 2.44. The molecule has 0 spiro atoms. The third kappa shape index (κ3) is 7.62. The van der Waals surface area contributed by atoms with Crippen molar-refractivity contribution in [1.29, 1.82) is 0 Å². The first-order valence-electron chi connectivity index (χ1n) is 6.08. The number of hydrogen-bond acceptors (Lipinski definition) is 2. The highest BCUT2D eigenvalue weighted by atomic mass is 16.1. The Kier molecular flexibility index (Phi) is 12.0. The van der Waals surface area contributed by atoms with Crippen LogP contribution in [0.5, 0.6) is 0 Å². The van der Waals surface area contributed by atoms with Crippen molar-refractivity contribution < 1.29 is 9.59 Å². The molecule has 4 heteroatoms. The van der Waals surface area contributed by atoms with Gasteiger partial charge in [-0.15, -0.1) is 0 Å². The molecule has 1 rings (SSSR count). The molecule has 2 unspecified atom stereocenters. The zero-order chi connectivity index (χ0) is 13.7. The van der Waals surface area contributed by atoms with E-state index in [1.165, 1.54) is 38.5 Å². The first-order valence-corrected chi connectivity index (χ1v) is 6.08. The lowest BCUT2D eigenvalue weighted by molar-refractivity contribution is 0.106. The molecule has 17 heavy (non-hydrogen) atoms. The van der Waals surface area contributed by atoms with Crippen LogP contribution in [-0.4, -0.2) is 12.2 Å². The van der Waals surface area contributed by atoms with Crippen LogP contribution in [0.15, 0.2) is 0 Å². The van der Waals surface area contributed by atoms with Crippen LogP contribution < -0.4 is 0 Å². The van der Waals surface area contributed by atoms with Crippen molar-refractivity contribution in [3.8, 4) is 0 Å². The van der Waals surface area contributed by atoms with Crippen LogP contribution in [0, 0.1) is 11.3 Å². The van der Waals surface area contributed by atoms with E-state index in [1.54, 1.807) is 0 Å². The van der Waals surface area contributed by atoms with Gasteiger partial charge in [-0.05, 0) is 36.3 Å². The molecule has 0 bridgehead atoms. The zero-order valence-electron chi connectivity index (χ0n) is 11.0. The molecule has 0 amide bonds. The van der Waals surface area contributed by atoms with Crippen molar-refractivity contribution in [2.45, 2.75) is 59.3 Å². The van der Waals surface area contributed by atoms with E-state index in [-0.39, 0.29) is 0 Å². The maximum absolute atomic E-state index is 8.24. The second kappa shape index (κ2) is 11.3. The lowest BCUT2D eigenvalue weighted by atomic mass is 9.65. The van der Waals surface area contributed by atoms with Crippen LogP contribution in [0.1, 0.15) is 59.3 Å². The Morgan fingerprint density at radius 1 is 1.18 bits per heavy atom. The van der Waals surface area contributed by atoms with Gasteiger partial charge in [-0.1, -0.05) is 46.5 Å². The summed E-state index contributed by atoms with van der Waals surface area (Å²) < 4.78 is 0. The van der Waals surface area contributed by atoms with Crippen molar-refractivity contribution in [3.63, 3.8) is 0 Å². The third-order valence-electron chi connectivity index (χ3n) is 3.84. The second-order valence-corrected chi connectivity index (χ2v) is 4.54. The summed E-state index contributed by atoms with van der Waals surface area (Å²) in [6, 6.07) is 0. The molecule has 98 valence electrons. The van der Waals surface area contributed by atoms with E-state index in [0.717, 1.165) is 5.92 Å². The molecule has 1 fully saturated rings. The fraction of sp³-hybridized carbons (Fsp3) is 0.846. The van der Waals surface area contributed by atoms with E-state index >= 15 is 0 Å². The van der Waals surface area contributed by atoms with Gasteiger partial charge in [0.1, 0.15) is 0 Å². The van der Waals surface area contributed by atoms with Gasteiger partial charge in [0.15, 0.2) is 0 Å². The maximum Gasteiger partial charge on any atom is -0.0159 e. The van der Waals surface area contributed by atoms with Crippen molar-refractivity contribution >= 4 is 12.2 Å². The van der Waals surface area contributed by atoms with Gasteiger partial charge in [-0.2, -0.15) is 0 Å². The Labute approximate surface area is 104 Å². The van der Waals surface area contributed by atoms with Gasteiger partial charge in [0.25, 0.3) is 0 Å². The summed E-state index contributed by atoms with van der Waals surface area (Å²) in [5.41, 5.74) is 0.688. The average molecular weight is 238 g/mol. The molecular weight excluding hydrogens is 216 g/mol. The molecule has 0 heterocycles. The lowest BCUT2D eigenvalue weighted by Crippen LogP contribution is -2.29. The molecule has 0 aromatic rings. The highest BCUT2D eigenvalue weighted by Gasteiger charge is 2.33. The van der Waals surface area contributed by atoms with Gasteiger partial charge in [0.2, 0.25) is 0 Å². The van der Waals surface area contributed by atoms with Crippen LogP contribution in [0.3, 0.4) is 0 Å². The number of carbonyl (C=O) groups excluding carboxylic acids is 2. The lowest BCUT2D eigenvalue weighted by Gasteiger charge is -2.40. The molecule has 0 aromatic heterocycles. The van der Waals surface area contributed by atoms with Crippen LogP contribution in [0.4, 0.5) is 0 Å². The van der Waals surface area contributed by atoms with Gasteiger partial charge in [-0.25, -0.2) is 0 Å². The van der Waals surface area contributed by atoms with Crippen molar-refractivity contribution in [3.05, 3.63) is 10.8 Å². The molecule has 2 atom stereocenters. The number of rotatable bonds is 2. The number of isocyanates is 2. The molecule has 4 nitrogen and oxygen atoms in total. The Morgan fingerprint density at radius 3 is 1.94 bits per heavy atom. The van der Waals surface area contributed by atoms with Crippen molar-refractivity contribution in [2.24, 2.45) is 11.3 Å². The van der Waals surface area contributed by atoms with E-state index < -0.39 is 0 Å². The monoisotopic (exact) mass is 238 g/mol. The largest absolute Gasteiger partial charge is 0.724 e. The van der Waals surface area contributed by atoms with Gasteiger partial charge >= 0.3 is 0 Å². The van der Waals surface area contributed by atoms with Crippen LogP contribution >= 0.6 is 0 Å². The molecule has 1 saturated carbocycles. The number of nitrogens with zero attached hydrogens (tertiary/aromatic N) is 2. The minimum atomic E-state index is 0.500. The second-order valence-electron chi connectivity index (χ2n) is 4.54. The van der Waals surface area contributed by atoms with Gasteiger partial charge in [0, 0.05) is 0 Å². The fourth-order valence-corrected chi connectivity index (χ4v) is 2.63. The molecule has 0 radical (unpaired) electrons. The number of hydrogen-bond donors (Lipinski definition) is 0. The fourth-order valence-electron chi connectivity index (χ4n) is 2.63. The van der Waals surface area contributed by atoms with E-state index in [9.17, 15) is 0 Å².